The van der Waals surface area contributed by atoms with E-state index in [9.17, 15) is 9.18 Å². The van der Waals surface area contributed by atoms with Gasteiger partial charge < -0.3 is 10.6 Å². The lowest BCUT2D eigenvalue weighted by atomic mass is 10.2. The van der Waals surface area contributed by atoms with Crippen LogP contribution in [0.2, 0.25) is 0 Å². The number of carbonyl (C=O) groups is 1. The van der Waals surface area contributed by atoms with E-state index in [2.05, 4.69) is 10.6 Å². The van der Waals surface area contributed by atoms with Crippen molar-refractivity contribution < 1.29 is 9.18 Å². The smallest absolute Gasteiger partial charge is 0.319 e. The van der Waals surface area contributed by atoms with Gasteiger partial charge in [-0.2, -0.15) is 0 Å². The van der Waals surface area contributed by atoms with Crippen molar-refractivity contribution in [2.75, 3.05) is 5.32 Å². The van der Waals surface area contributed by atoms with E-state index in [0.29, 0.717) is 17.8 Å². The quantitative estimate of drug-likeness (QED) is 0.869. The van der Waals surface area contributed by atoms with Gasteiger partial charge in [0, 0.05) is 17.8 Å². The number of rotatable bonds is 3. The lowest BCUT2D eigenvalue weighted by molar-refractivity contribution is 0.251. The number of amides is 2. The zero-order valence-corrected chi connectivity index (χ0v) is 10.6. The lowest BCUT2D eigenvalue weighted by Gasteiger charge is -2.10. The van der Waals surface area contributed by atoms with Crippen LogP contribution in [0.1, 0.15) is 11.1 Å². The second-order valence-corrected chi connectivity index (χ2v) is 4.21. The lowest BCUT2D eigenvalue weighted by Crippen LogP contribution is -2.28. The van der Waals surface area contributed by atoms with Gasteiger partial charge in [-0.1, -0.05) is 36.4 Å². The van der Waals surface area contributed by atoms with Gasteiger partial charge in [-0.15, -0.1) is 0 Å². The molecule has 0 fully saturated rings. The van der Waals surface area contributed by atoms with Crippen LogP contribution in [0.15, 0.2) is 48.5 Å². The Morgan fingerprint density at radius 2 is 1.84 bits per heavy atom. The van der Waals surface area contributed by atoms with Crippen molar-refractivity contribution in [1.82, 2.24) is 5.32 Å². The van der Waals surface area contributed by atoms with Gasteiger partial charge in [0.1, 0.15) is 5.82 Å². The Morgan fingerprint density at radius 3 is 2.58 bits per heavy atom. The molecule has 0 aliphatic heterocycles. The molecule has 0 aromatic heterocycles. The van der Waals surface area contributed by atoms with Crippen LogP contribution in [0, 0.1) is 12.7 Å². The van der Waals surface area contributed by atoms with E-state index in [1.807, 2.05) is 30.3 Å². The monoisotopic (exact) mass is 258 g/mol. The minimum Gasteiger partial charge on any atom is -0.334 e. The second kappa shape index (κ2) is 6.00. The van der Waals surface area contributed by atoms with E-state index < -0.39 is 0 Å². The SMILES string of the molecule is Cc1c(F)cccc1NC(=O)NCc1ccccc1. The molecule has 2 N–H and O–H groups in total. The molecule has 4 heteroatoms. The Morgan fingerprint density at radius 1 is 1.11 bits per heavy atom. The molecule has 3 nitrogen and oxygen atoms in total. The van der Waals surface area contributed by atoms with Gasteiger partial charge in [0.05, 0.1) is 0 Å². The zero-order valence-electron chi connectivity index (χ0n) is 10.6. The topological polar surface area (TPSA) is 41.1 Å². The molecule has 98 valence electrons. The second-order valence-electron chi connectivity index (χ2n) is 4.21. The number of urea groups is 1. The first-order valence-corrected chi connectivity index (χ1v) is 6.00. The molecule has 2 aromatic rings. The third kappa shape index (κ3) is 3.55. The van der Waals surface area contributed by atoms with E-state index in [0.717, 1.165) is 5.56 Å². The Hall–Kier alpha value is -2.36. The zero-order chi connectivity index (χ0) is 13.7. The maximum absolute atomic E-state index is 13.3. The molecule has 0 bridgehead atoms. The molecule has 2 amide bonds. The predicted molar refractivity (Wildman–Crippen MR) is 73.4 cm³/mol. The summed E-state index contributed by atoms with van der Waals surface area (Å²) in [7, 11) is 0. The van der Waals surface area contributed by atoms with Crippen LogP contribution in [0.5, 0.6) is 0 Å². The van der Waals surface area contributed by atoms with Gasteiger partial charge in [0.15, 0.2) is 0 Å². The first-order valence-electron chi connectivity index (χ1n) is 6.00. The van der Waals surface area contributed by atoms with Crippen molar-refractivity contribution in [2.45, 2.75) is 13.5 Å². The van der Waals surface area contributed by atoms with Crippen molar-refractivity contribution in [2.24, 2.45) is 0 Å². The van der Waals surface area contributed by atoms with Crippen molar-refractivity contribution in [3.63, 3.8) is 0 Å². The number of benzene rings is 2. The summed E-state index contributed by atoms with van der Waals surface area (Å²) in [5.74, 6) is -0.333. The van der Waals surface area contributed by atoms with Crippen LogP contribution >= 0.6 is 0 Å². The Balaban J connectivity index is 1.93. The highest BCUT2D eigenvalue weighted by Gasteiger charge is 2.06. The molecule has 19 heavy (non-hydrogen) atoms. The van der Waals surface area contributed by atoms with E-state index >= 15 is 0 Å². The number of hydrogen-bond acceptors (Lipinski definition) is 1. The predicted octanol–water partition coefficient (Wildman–Crippen LogP) is 3.46. The van der Waals surface area contributed by atoms with Crippen LogP contribution in [0.25, 0.3) is 0 Å². The standard InChI is InChI=1S/C15H15FN2O/c1-11-13(16)8-5-9-14(11)18-15(19)17-10-12-6-3-2-4-7-12/h2-9H,10H2,1H3,(H2,17,18,19). The highest BCUT2D eigenvalue weighted by Crippen LogP contribution is 2.17. The highest BCUT2D eigenvalue weighted by molar-refractivity contribution is 5.90. The largest absolute Gasteiger partial charge is 0.334 e. The third-order valence-electron chi connectivity index (χ3n) is 2.81. The van der Waals surface area contributed by atoms with Gasteiger partial charge in [-0.05, 0) is 24.6 Å². The molecule has 0 aliphatic rings. The fourth-order valence-corrected chi connectivity index (χ4v) is 1.69. The van der Waals surface area contributed by atoms with Gasteiger partial charge in [-0.25, -0.2) is 9.18 Å². The van der Waals surface area contributed by atoms with Crippen LogP contribution in [0.3, 0.4) is 0 Å². The molecule has 0 saturated carbocycles. The Labute approximate surface area is 111 Å². The van der Waals surface area contributed by atoms with Crippen molar-refractivity contribution >= 4 is 11.7 Å². The number of halogens is 1. The number of hydrogen-bond donors (Lipinski definition) is 2. The summed E-state index contributed by atoms with van der Waals surface area (Å²) < 4.78 is 13.3. The molecule has 0 saturated heterocycles. The fraction of sp³-hybridized carbons (Fsp3) is 0.133. The molecule has 0 spiro atoms. The highest BCUT2D eigenvalue weighted by atomic mass is 19.1. The Bertz CT molecular complexity index is 570. The van der Waals surface area contributed by atoms with E-state index in [1.165, 1.54) is 6.07 Å². The van der Waals surface area contributed by atoms with Gasteiger partial charge in [0.25, 0.3) is 0 Å². The van der Waals surface area contributed by atoms with E-state index in [4.69, 9.17) is 0 Å². The van der Waals surface area contributed by atoms with Crippen molar-refractivity contribution in [3.05, 3.63) is 65.5 Å². The summed E-state index contributed by atoms with van der Waals surface area (Å²) in [4.78, 5) is 11.7. The average molecular weight is 258 g/mol. The molecule has 0 unspecified atom stereocenters. The summed E-state index contributed by atoms with van der Waals surface area (Å²) >= 11 is 0. The normalized spacial score (nSPS) is 10.0. The minimum absolute atomic E-state index is 0.333. The maximum atomic E-state index is 13.3. The molecule has 0 atom stereocenters. The van der Waals surface area contributed by atoms with E-state index in [-0.39, 0.29) is 11.8 Å². The van der Waals surface area contributed by atoms with E-state index in [1.54, 1.807) is 19.1 Å². The average Bonchev–Trinajstić information content (AvgIpc) is 2.43. The van der Waals surface area contributed by atoms with Gasteiger partial charge >= 0.3 is 6.03 Å². The maximum Gasteiger partial charge on any atom is 0.319 e. The van der Waals surface area contributed by atoms with Crippen LogP contribution in [0.4, 0.5) is 14.9 Å². The summed E-state index contributed by atoms with van der Waals surface area (Å²) in [6.07, 6.45) is 0. The molecule has 0 aliphatic carbocycles. The minimum atomic E-state index is -0.349. The molecule has 2 rings (SSSR count). The van der Waals surface area contributed by atoms with Crippen LogP contribution in [-0.2, 0) is 6.54 Å². The van der Waals surface area contributed by atoms with Crippen molar-refractivity contribution in [1.29, 1.82) is 0 Å². The summed E-state index contributed by atoms with van der Waals surface area (Å²) in [6.45, 7) is 2.06. The number of nitrogens with one attached hydrogen (secondary N) is 2. The van der Waals surface area contributed by atoms with Gasteiger partial charge in [0.2, 0.25) is 0 Å². The van der Waals surface area contributed by atoms with Gasteiger partial charge in [-0.3, -0.25) is 0 Å². The number of carbonyl (C=O) groups excluding carboxylic acids is 1. The summed E-state index contributed by atoms with van der Waals surface area (Å²) in [5.41, 5.74) is 1.91. The molecule has 0 heterocycles. The molecular formula is C15H15FN2O. The molecular weight excluding hydrogens is 243 g/mol. The third-order valence-corrected chi connectivity index (χ3v) is 2.81. The van der Waals surface area contributed by atoms with Crippen molar-refractivity contribution in [3.8, 4) is 0 Å². The summed E-state index contributed by atoms with van der Waals surface area (Å²) in [5, 5.41) is 5.35. The first kappa shape index (κ1) is 13.1. The molecule has 0 radical (unpaired) electrons. The van der Waals surface area contributed by atoms with Crippen LogP contribution in [-0.4, -0.2) is 6.03 Å². The first-order chi connectivity index (χ1) is 9.16. The fourth-order valence-electron chi connectivity index (χ4n) is 1.69. The number of anilines is 1. The summed E-state index contributed by atoms with van der Waals surface area (Å²) in [6, 6.07) is 13.8. The molecule has 2 aromatic carbocycles. The van der Waals surface area contributed by atoms with Crippen LogP contribution < -0.4 is 10.6 Å². The Kier molecular flexibility index (Phi) is 4.13.